The highest BCUT2D eigenvalue weighted by Gasteiger charge is 2.52. The molecule has 0 saturated carbocycles. The monoisotopic (exact) mass is 636 g/mol. The molecule has 2 aromatic heterocycles. The molecule has 1 unspecified atom stereocenters. The summed E-state index contributed by atoms with van der Waals surface area (Å²) in [6, 6.07) is 4.22. The number of rotatable bonds is 7. The number of halogens is 6. The van der Waals surface area contributed by atoms with Gasteiger partial charge in [-0.25, -0.2) is 31.3 Å². The van der Waals surface area contributed by atoms with Crippen LogP contribution >= 0.6 is 0 Å². The van der Waals surface area contributed by atoms with Crippen LogP contribution < -0.4 is 11.3 Å². The summed E-state index contributed by atoms with van der Waals surface area (Å²) in [6.07, 6.45) is 2.54. The van der Waals surface area contributed by atoms with Crippen LogP contribution in [0.5, 0.6) is 0 Å². The van der Waals surface area contributed by atoms with E-state index in [1.165, 1.54) is 31.3 Å². The highest BCUT2D eigenvalue weighted by molar-refractivity contribution is 5.85. The van der Waals surface area contributed by atoms with Crippen molar-refractivity contribution in [2.24, 2.45) is 5.73 Å². The minimum Gasteiger partial charge on any atom is -0.368 e. The number of likely N-dealkylation sites (tertiary alicyclic amines) is 2. The molecule has 3 atom stereocenters. The van der Waals surface area contributed by atoms with Gasteiger partial charge in [0.05, 0.1) is 17.7 Å². The number of H-pyrrole nitrogens is 1. The maximum atomic E-state index is 15.5. The van der Waals surface area contributed by atoms with E-state index in [9.17, 15) is 27.2 Å². The Balaban J connectivity index is 1.28. The Morgan fingerprint density at radius 3 is 2.40 bits per heavy atom. The summed E-state index contributed by atoms with van der Waals surface area (Å²) < 4.78 is 88.0. The molecule has 1 amide bonds. The van der Waals surface area contributed by atoms with E-state index in [-0.39, 0.29) is 62.4 Å². The molecule has 1 aromatic carbocycles. The molecule has 0 spiro atoms. The number of nitrogens with one attached hydrogen (secondary N) is 1. The second-order valence-corrected chi connectivity index (χ2v) is 12.6. The van der Waals surface area contributed by atoms with Gasteiger partial charge in [0.1, 0.15) is 23.0 Å². The van der Waals surface area contributed by atoms with Gasteiger partial charge in [-0.2, -0.15) is 0 Å². The molecule has 14 heteroatoms. The summed E-state index contributed by atoms with van der Waals surface area (Å²) in [5.41, 5.74) is 4.81. The van der Waals surface area contributed by atoms with E-state index in [4.69, 9.17) is 5.73 Å². The van der Waals surface area contributed by atoms with Crippen LogP contribution in [0.25, 0.3) is 0 Å². The van der Waals surface area contributed by atoms with Crippen molar-refractivity contribution in [3.63, 3.8) is 0 Å². The third-order valence-electron chi connectivity index (χ3n) is 9.68. The quantitative estimate of drug-likeness (QED) is 0.374. The molecule has 3 aliphatic rings. The molecule has 0 bridgehead atoms. The number of aryl methyl sites for hydroxylation is 1. The molecule has 242 valence electrons. The number of benzene rings is 1. The van der Waals surface area contributed by atoms with Crippen molar-refractivity contribution in [3.8, 4) is 0 Å². The fraction of sp³-hybridized carbons (Fsp3) is 0.516. The Morgan fingerprint density at radius 2 is 1.73 bits per heavy atom. The van der Waals surface area contributed by atoms with Gasteiger partial charge >= 0.3 is 0 Å². The minimum absolute atomic E-state index is 0.0385. The molecule has 0 aliphatic carbocycles. The van der Waals surface area contributed by atoms with E-state index in [0.29, 0.717) is 24.2 Å². The van der Waals surface area contributed by atoms with Crippen molar-refractivity contribution < 1.29 is 31.1 Å². The van der Waals surface area contributed by atoms with Crippen molar-refractivity contribution in [2.45, 2.75) is 74.9 Å². The first kappa shape index (κ1) is 31.3. The molecule has 2 saturated heterocycles. The van der Waals surface area contributed by atoms with Crippen LogP contribution in [0.15, 0.2) is 41.5 Å². The predicted octanol–water partition coefficient (Wildman–Crippen LogP) is 4.44. The number of imidazole rings is 1. The number of carbonyl (C=O) groups excluding carboxylic acids is 1. The zero-order valence-corrected chi connectivity index (χ0v) is 24.6. The van der Waals surface area contributed by atoms with Crippen molar-refractivity contribution in [3.05, 3.63) is 86.9 Å². The Morgan fingerprint density at radius 1 is 1.04 bits per heavy atom. The zero-order valence-electron chi connectivity index (χ0n) is 24.6. The number of hydrogen-bond donors (Lipinski definition) is 2. The third-order valence-corrected chi connectivity index (χ3v) is 9.68. The maximum Gasteiger partial charge on any atom is 0.257 e. The number of aromatic nitrogens is 3. The van der Waals surface area contributed by atoms with E-state index >= 15 is 8.78 Å². The number of hydrogen-bond acceptors (Lipinski definition) is 5. The largest absolute Gasteiger partial charge is 0.368 e. The Kier molecular flexibility index (Phi) is 7.87. The summed E-state index contributed by atoms with van der Waals surface area (Å²) >= 11 is 0. The smallest absolute Gasteiger partial charge is 0.257 e. The Bertz CT molecular complexity index is 1640. The van der Waals surface area contributed by atoms with Gasteiger partial charge in [-0.05, 0) is 42.7 Å². The molecule has 3 aliphatic heterocycles. The van der Waals surface area contributed by atoms with Crippen molar-refractivity contribution >= 4 is 5.91 Å². The number of fused-ring (bicyclic) bond motifs is 1. The summed E-state index contributed by atoms with van der Waals surface area (Å²) in [4.78, 5) is 36.1. The Hall–Kier alpha value is -3.65. The number of nitrogens with two attached hydrogens (primary N) is 1. The predicted molar refractivity (Wildman–Crippen MR) is 152 cm³/mol. The summed E-state index contributed by atoms with van der Waals surface area (Å²) in [6.45, 7) is 1.23. The lowest BCUT2D eigenvalue weighted by Crippen LogP contribution is -2.59. The first-order chi connectivity index (χ1) is 21.2. The lowest BCUT2D eigenvalue weighted by atomic mass is 9.83. The van der Waals surface area contributed by atoms with E-state index in [0.717, 1.165) is 6.07 Å². The molecular weight excluding hydrogens is 602 g/mol. The number of alkyl halides is 4. The van der Waals surface area contributed by atoms with Gasteiger partial charge < -0.3 is 15.3 Å². The number of amides is 1. The van der Waals surface area contributed by atoms with Crippen LogP contribution in [0.4, 0.5) is 26.3 Å². The maximum absolute atomic E-state index is 15.5. The molecule has 3 N–H and O–H groups in total. The van der Waals surface area contributed by atoms with Crippen LogP contribution in [0, 0.1) is 11.6 Å². The number of pyridine rings is 1. The fourth-order valence-corrected chi connectivity index (χ4v) is 6.87. The van der Waals surface area contributed by atoms with E-state index in [1.54, 1.807) is 20.6 Å². The SMILES string of the molecule is CC(C(N)=O)(c1cn2c(n1)CC[C@@H]2c1cc(F)cc(F)c1)N1CCC(F)(F)[C@H](c2c[nH]c(=O)c(CN3CCC(F)(F)CC3)c2)C1. The average molecular weight is 637 g/mol. The number of piperidine rings is 2. The Labute approximate surface area is 255 Å². The number of aromatic amines is 1. The van der Waals surface area contributed by atoms with Gasteiger partial charge in [-0.15, -0.1) is 0 Å². The lowest BCUT2D eigenvalue weighted by molar-refractivity contribution is -0.139. The summed E-state index contributed by atoms with van der Waals surface area (Å²) in [7, 11) is 0. The third kappa shape index (κ3) is 5.89. The standard InChI is InChI=1S/C31H34F6N6O2/c1-29(28(38)45,25-17-43-24(2-3-26(43)40-25)18-11-21(32)13-22(33)12-18)42-9-6-31(36,37)23(16-42)19-10-20(27(44)39-14-19)15-41-7-4-30(34,35)5-8-41/h10-14,17,23-24H,2-9,15-16H2,1H3,(H2,38,45)(H,39,44)/t23-,24+,29?/m0/s1. The van der Waals surface area contributed by atoms with E-state index in [2.05, 4.69) is 9.97 Å². The number of nitrogens with zero attached hydrogens (tertiary/aromatic N) is 4. The van der Waals surface area contributed by atoms with E-state index in [1.807, 2.05) is 0 Å². The molecule has 3 aromatic rings. The van der Waals surface area contributed by atoms with Gasteiger partial charge in [-0.1, -0.05) is 0 Å². The summed E-state index contributed by atoms with van der Waals surface area (Å²) in [5, 5.41) is 0. The fourth-order valence-electron chi connectivity index (χ4n) is 6.87. The van der Waals surface area contributed by atoms with Gasteiger partial charge in [0.15, 0.2) is 0 Å². The normalized spacial score (nSPS) is 24.7. The average Bonchev–Trinajstić information content (AvgIpc) is 3.56. The van der Waals surface area contributed by atoms with Gasteiger partial charge in [0.25, 0.3) is 17.4 Å². The highest BCUT2D eigenvalue weighted by atomic mass is 19.3. The number of carbonyl (C=O) groups is 1. The van der Waals surface area contributed by atoms with Gasteiger partial charge in [0.2, 0.25) is 5.91 Å². The molecule has 5 heterocycles. The topological polar surface area (TPSA) is 100 Å². The van der Waals surface area contributed by atoms with Crippen LogP contribution in [-0.4, -0.2) is 68.3 Å². The molecule has 0 radical (unpaired) electrons. The van der Waals surface area contributed by atoms with Crippen molar-refractivity contribution in [1.29, 1.82) is 0 Å². The molecule has 45 heavy (non-hydrogen) atoms. The second-order valence-electron chi connectivity index (χ2n) is 12.6. The molecule has 8 nitrogen and oxygen atoms in total. The molecule has 2 fully saturated rings. The lowest BCUT2D eigenvalue weighted by Gasteiger charge is -2.45. The van der Waals surface area contributed by atoms with Crippen LogP contribution in [0.3, 0.4) is 0 Å². The van der Waals surface area contributed by atoms with Crippen LogP contribution in [0.2, 0.25) is 0 Å². The first-order valence-electron chi connectivity index (χ1n) is 14.9. The van der Waals surface area contributed by atoms with Crippen molar-refractivity contribution in [1.82, 2.24) is 24.3 Å². The van der Waals surface area contributed by atoms with Crippen LogP contribution in [-0.2, 0) is 23.3 Å². The van der Waals surface area contributed by atoms with E-state index < -0.39 is 58.9 Å². The highest BCUT2D eigenvalue weighted by Crippen LogP contribution is 2.44. The van der Waals surface area contributed by atoms with Crippen LogP contribution in [0.1, 0.15) is 72.8 Å². The van der Waals surface area contributed by atoms with Gasteiger partial charge in [0, 0.05) is 82.4 Å². The zero-order chi connectivity index (χ0) is 32.3. The minimum atomic E-state index is -3.19. The summed E-state index contributed by atoms with van der Waals surface area (Å²) in [5.74, 6) is -9.05. The number of primary amides is 1. The van der Waals surface area contributed by atoms with Crippen molar-refractivity contribution in [2.75, 3.05) is 26.2 Å². The first-order valence-corrected chi connectivity index (χ1v) is 14.9. The van der Waals surface area contributed by atoms with Gasteiger partial charge in [-0.3, -0.25) is 19.4 Å². The second kappa shape index (κ2) is 11.3. The molecular formula is C31H34F6N6O2. The molecule has 6 rings (SSSR count).